The number of ether oxygens (including phenoxy) is 2. The lowest BCUT2D eigenvalue weighted by molar-refractivity contribution is -0.148. The van der Waals surface area contributed by atoms with Crippen molar-refractivity contribution >= 4 is 5.97 Å². The zero-order valence-electron chi connectivity index (χ0n) is 8.58. The molecule has 1 aliphatic rings. The van der Waals surface area contributed by atoms with E-state index in [1.54, 1.807) is 0 Å². The molecule has 0 saturated carbocycles. The van der Waals surface area contributed by atoms with Crippen molar-refractivity contribution in [3.05, 3.63) is 22.5 Å². The molecule has 7 heteroatoms. The number of methoxy groups -OCH3 is 1. The number of rotatable bonds is 3. The van der Waals surface area contributed by atoms with E-state index in [4.69, 9.17) is 14.3 Å². The van der Waals surface area contributed by atoms with E-state index in [2.05, 4.69) is 5.10 Å². The molecule has 2 heterocycles. The van der Waals surface area contributed by atoms with Crippen LogP contribution in [0.1, 0.15) is 6.42 Å². The molecule has 1 fully saturated rings. The van der Waals surface area contributed by atoms with E-state index >= 15 is 0 Å². The fourth-order valence-corrected chi connectivity index (χ4v) is 1.26. The maximum atomic E-state index is 11.3. The summed E-state index contributed by atoms with van der Waals surface area (Å²) in [5.41, 5.74) is -0.472. The second-order valence-corrected chi connectivity index (χ2v) is 3.14. The molecule has 0 radical (unpaired) electrons. The van der Waals surface area contributed by atoms with Gasteiger partial charge in [-0.2, -0.15) is 0 Å². The summed E-state index contributed by atoms with van der Waals surface area (Å²) >= 11 is 0. The Kier molecular flexibility index (Phi) is 2.76. The molecule has 0 aromatic carbocycles. The van der Waals surface area contributed by atoms with Gasteiger partial charge >= 0.3 is 11.5 Å². The van der Waals surface area contributed by atoms with E-state index in [0.717, 1.165) is 4.85 Å². The number of carbonyl (C=O) groups excluding carboxylic acids is 1. The maximum Gasteiger partial charge on any atom is 0.350 e. The lowest BCUT2D eigenvalue weighted by atomic mass is 10.3. The average Bonchev–Trinajstić information content (AvgIpc) is 2.68. The molecule has 0 N–H and O–H groups in total. The number of nitrogens with zero attached hydrogens (tertiary/aromatic N) is 2. The standard InChI is InChI=1S/C9H10N2O5/c1-14-7-2-3-8(12)11(10-7)16-6-4-5-15-9(6)13/h2-3,6H,4-5H2,1H3. The van der Waals surface area contributed by atoms with Gasteiger partial charge in [0.2, 0.25) is 12.0 Å². The molecule has 7 nitrogen and oxygen atoms in total. The van der Waals surface area contributed by atoms with Crippen molar-refractivity contribution < 1.29 is 19.1 Å². The number of hydrogen-bond donors (Lipinski definition) is 0. The van der Waals surface area contributed by atoms with Crippen LogP contribution in [-0.4, -0.2) is 35.7 Å². The first-order chi connectivity index (χ1) is 7.70. The van der Waals surface area contributed by atoms with Crippen LogP contribution in [0.3, 0.4) is 0 Å². The Balaban J connectivity index is 2.20. The first kappa shape index (κ1) is 10.5. The maximum absolute atomic E-state index is 11.3. The van der Waals surface area contributed by atoms with Gasteiger partial charge in [-0.25, -0.2) is 4.79 Å². The molecule has 16 heavy (non-hydrogen) atoms. The van der Waals surface area contributed by atoms with Crippen LogP contribution in [0.2, 0.25) is 0 Å². The molecule has 2 rings (SSSR count). The van der Waals surface area contributed by atoms with Gasteiger partial charge in [-0.05, 0) is 0 Å². The molecular weight excluding hydrogens is 216 g/mol. The third-order valence-corrected chi connectivity index (χ3v) is 2.07. The smallest absolute Gasteiger partial charge is 0.350 e. The van der Waals surface area contributed by atoms with Gasteiger partial charge in [0, 0.05) is 18.6 Å². The summed E-state index contributed by atoms with van der Waals surface area (Å²) in [6, 6.07) is 2.65. The summed E-state index contributed by atoms with van der Waals surface area (Å²) in [6.07, 6.45) is -0.373. The Morgan fingerprint density at radius 2 is 2.31 bits per heavy atom. The van der Waals surface area contributed by atoms with Crippen LogP contribution < -0.4 is 15.1 Å². The molecule has 1 aliphatic heterocycles. The summed E-state index contributed by atoms with van der Waals surface area (Å²) in [4.78, 5) is 28.3. The van der Waals surface area contributed by atoms with Crippen LogP contribution >= 0.6 is 0 Å². The first-order valence-electron chi connectivity index (χ1n) is 4.69. The fraction of sp³-hybridized carbons (Fsp3) is 0.444. The van der Waals surface area contributed by atoms with Gasteiger partial charge in [0.15, 0.2) is 0 Å². The molecule has 1 unspecified atom stereocenters. The number of aromatic nitrogens is 2. The average molecular weight is 226 g/mol. The normalized spacial score (nSPS) is 19.3. The number of cyclic esters (lactones) is 1. The van der Waals surface area contributed by atoms with Crippen molar-refractivity contribution in [2.45, 2.75) is 12.5 Å². The Hall–Kier alpha value is -2.05. The van der Waals surface area contributed by atoms with E-state index in [1.807, 2.05) is 0 Å². The van der Waals surface area contributed by atoms with E-state index in [-0.39, 0.29) is 5.88 Å². The minimum absolute atomic E-state index is 0.228. The molecule has 1 aromatic rings. The fourth-order valence-electron chi connectivity index (χ4n) is 1.26. The largest absolute Gasteiger partial charge is 0.480 e. The highest BCUT2D eigenvalue weighted by molar-refractivity contribution is 5.76. The number of hydrogen-bond acceptors (Lipinski definition) is 6. The monoisotopic (exact) mass is 226 g/mol. The minimum atomic E-state index is -0.780. The Morgan fingerprint density at radius 3 is 2.94 bits per heavy atom. The van der Waals surface area contributed by atoms with E-state index in [0.29, 0.717) is 13.0 Å². The molecule has 1 aromatic heterocycles. The third kappa shape index (κ3) is 1.97. The Morgan fingerprint density at radius 1 is 1.50 bits per heavy atom. The second-order valence-electron chi connectivity index (χ2n) is 3.14. The van der Waals surface area contributed by atoms with Crippen molar-refractivity contribution in [1.29, 1.82) is 0 Å². The highest BCUT2D eigenvalue weighted by Crippen LogP contribution is 2.07. The van der Waals surface area contributed by atoms with E-state index in [9.17, 15) is 9.59 Å². The molecule has 1 atom stereocenters. The second kappa shape index (κ2) is 4.21. The van der Waals surface area contributed by atoms with Crippen LogP contribution in [0.15, 0.2) is 16.9 Å². The van der Waals surface area contributed by atoms with Gasteiger partial charge in [0.25, 0.3) is 0 Å². The van der Waals surface area contributed by atoms with Crippen LogP contribution in [0.5, 0.6) is 5.88 Å². The molecular formula is C9H10N2O5. The van der Waals surface area contributed by atoms with Crippen molar-refractivity contribution in [2.75, 3.05) is 13.7 Å². The van der Waals surface area contributed by atoms with Gasteiger partial charge in [0.05, 0.1) is 13.7 Å². The zero-order chi connectivity index (χ0) is 11.5. The van der Waals surface area contributed by atoms with Gasteiger partial charge in [-0.15, -0.1) is 0 Å². The molecule has 0 aliphatic carbocycles. The number of carbonyl (C=O) groups is 1. The van der Waals surface area contributed by atoms with Gasteiger partial charge in [-0.3, -0.25) is 4.79 Å². The van der Waals surface area contributed by atoms with Gasteiger partial charge < -0.3 is 14.3 Å². The third-order valence-electron chi connectivity index (χ3n) is 2.07. The van der Waals surface area contributed by atoms with E-state index < -0.39 is 17.6 Å². The highest BCUT2D eigenvalue weighted by atomic mass is 16.7. The summed E-state index contributed by atoms with van der Waals surface area (Å²) in [6.45, 7) is 0.294. The summed E-state index contributed by atoms with van der Waals surface area (Å²) in [5.74, 6) is -0.262. The zero-order valence-corrected chi connectivity index (χ0v) is 8.58. The molecule has 0 spiro atoms. The topological polar surface area (TPSA) is 79.6 Å². The number of esters is 1. The SMILES string of the molecule is COc1ccc(=O)n(OC2CCOC2=O)n1. The predicted octanol–water partition coefficient (Wildman–Crippen LogP) is -1.00. The lowest BCUT2D eigenvalue weighted by Crippen LogP contribution is -2.37. The van der Waals surface area contributed by atoms with Crippen LogP contribution in [-0.2, 0) is 9.53 Å². The summed E-state index contributed by atoms with van der Waals surface area (Å²) < 4.78 is 9.53. The van der Waals surface area contributed by atoms with Crippen LogP contribution in [0.4, 0.5) is 0 Å². The van der Waals surface area contributed by atoms with Crippen LogP contribution in [0.25, 0.3) is 0 Å². The predicted molar refractivity (Wildman–Crippen MR) is 51.0 cm³/mol. The summed E-state index contributed by atoms with van der Waals surface area (Å²) in [7, 11) is 1.42. The molecule has 0 amide bonds. The Labute approximate surface area is 90.5 Å². The van der Waals surface area contributed by atoms with Gasteiger partial charge in [-0.1, -0.05) is 9.94 Å². The Bertz CT molecular complexity index is 455. The molecule has 1 saturated heterocycles. The van der Waals surface area contributed by atoms with Crippen molar-refractivity contribution in [2.24, 2.45) is 0 Å². The molecule has 0 bridgehead atoms. The van der Waals surface area contributed by atoms with Crippen molar-refractivity contribution in [3.8, 4) is 5.88 Å². The minimum Gasteiger partial charge on any atom is -0.480 e. The van der Waals surface area contributed by atoms with Crippen molar-refractivity contribution in [3.63, 3.8) is 0 Å². The first-order valence-corrected chi connectivity index (χ1v) is 4.69. The van der Waals surface area contributed by atoms with Crippen LogP contribution in [0, 0.1) is 0 Å². The van der Waals surface area contributed by atoms with E-state index in [1.165, 1.54) is 19.2 Å². The highest BCUT2D eigenvalue weighted by Gasteiger charge is 2.29. The van der Waals surface area contributed by atoms with Crippen molar-refractivity contribution in [1.82, 2.24) is 9.94 Å². The summed E-state index contributed by atoms with van der Waals surface area (Å²) in [5, 5.41) is 3.74. The van der Waals surface area contributed by atoms with Gasteiger partial charge in [0.1, 0.15) is 0 Å². The quantitative estimate of drug-likeness (QED) is 0.615. The lowest BCUT2D eigenvalue weighted by Gasteiger charge is -2.10. The molecule has 86 valence electrons.